The van der Waals surface area contributed by atoms with Crippen molar-refractivity contribution in [3.8, 4) is 17.9 Å². The Kier molecular flexibility index (Phi) is 8.59. The van der Waals surface area contributed by atoms with Crippen molar-refractivity contribution in [2.45, 2.75) is 39.0 Å². The van der Waals surface area contributed by atoms with E-state index in [9.17, 15) is 4.79 Å². The van der Waals surface area contributed by atoms with Gasteiger partial charge in [-0.05, 0) is 19.8 Å². The van der Waals surface area contributed by atoms with E-state index < -0.39 is 0 Å². The summed E-state index contributed by atoms with van der Waals surface area (Å²) in [6, 6.07) is 2.06. The highest BCUT2D eigenvalue weighted by atomic mass is 16.5. The maximum absolute atomic E-state index is 11.0. The summed E-state index contributed by atoms with van der Waals surface area (Å²) in [5.74, 6) is 5.09. The van der Waals surface area contributed by atoms with Gasteiger partial charge < -0.3 is 4.74 Å². The topological polar surface area (TPSA) is 50.1 Å². The summed E-state index contributed by atoms with van der Waals surface area (Å²) < 4.78 is 4.81. The first-order chi connectivity index (χ1) is 6.81. The number of hydrogen-bond acceptors (Lipinski definition) is 3. The highest BCUT2D eigenvalue weighted by Gasteiger charge is 2.00. The maximum Gasteiger partial charge on any atom is 0.306 e. The van der Waals surface area contributed by atoms with Crippen LogP contribution >= 0.6 is 0 Å². The molecule has 0 heterocycles. The van der Waals surface area contributed by atoms with Crippen LogP contribution in [0.1, 0.15) is 39.0 Å². The molecule has 0 saturated carbocycles. The van der Waals surface area contributed by atoms with Gasteiger partial charge in [0.15, 0.2) is 6.61 Å². The van der Waals surface area contributed by atoms with Crippen molar-refractivity contribution >= 4 is 5.97 Å². The highest BCUT2D eigenvalue weighted by molar-refractivity contribution is 5.69. The zero-order valence-electron chi connectivity index (χ0n) is 8.51. The molecule has 0 atom stereocenters. The molecule has 76 valence electrons. The Hall–Kier alpha value is -1.48. The summed E-state index contributed by atoms with van der Waals surface area (Å²) in [4.78, 5) is 11.0. The molecule has 0 amide bonds. The summed E-state index contributed by atoms with van der Waals surface area (Å²) in [6.45, 7) is 1.89. The molecule has 0 N–H and O–H groups in total. The monoisotopic (exact) mass is 193 g/mol. The second kappa shape index (κ2) is 9.61. The first-order valence-corrected chi connectivity index (χ1v) is 4.73. The third-order valence-electron chi connectivity index (χ3n) is 1.65. The second-order valence-electron chi connectivity index (χ2n) is 2.81. The van der Waals surface area contributed by atoms with Crippen LogP contribution < -0.4 is 0 Å². The lowest BCUT2D eigenvalue weighted by molar-refractivity contribution is -0.142. The van der Waals surface area contributed by atoms with E-state index in [1.165, 1.54) is 0 Å². The van der Waals surface area contributed by atoms with Crippen LogP contribution in [0.2, 0.25) is 0 Å². The average molecular weight is 193 g/mol. The van der Waals surface area contributed by atoms with E-state index in [2.05, 4.69) is 17.9 Å². The summed E-state index contributed by atoms with van der Waals surface area (Å²) in [5, 5.41) is 8.26. The van der Waals surface area contributed by atoms with Crippen molar-refractivity contribution < 1.29 is 9.53 Å². The lowest BCUT2D eigenvalue weighted by Crippen LogP contribution is -2.04. The summed E-state index contributed by atoms with van der Waals surface area (Å²) in [6.07, 6.45) is 3.55. The van der Waals surface area contributed by atoms with Crippen LogP contribution in [-0.2, 0) is 9.53 Å². The summed E-state index contributed by atoms with van der Waals surface area (Å²) >= 11 is 0. The van der Waals surface area contributed by atoms with E-state index in [4.69, 9.17) is 10.00 Å². The Morgan fingerprint density at radius 1 is 1.36 bits per heavy atom. The Bertz CT molecular complexity index is 255. The normalized spacial score (nSPS) is 8.29. The summed E-state index contributed by atoms with van der Waals surface area (Å²) in [7, 11) is 0. The fraction of sp³-hybridized carbons (Fsp3) is 0.636. The molecule has 0 aliphatic carbocycles. The van der Waals surface area contributed by atoms with E-state index in [0.717, 1.165) is 19.3 Å². The lowest BCUT2D eigenvalue weighted by Gasteiger charge is -1.99. The van der Waals surface area contributed by atoms with Gasteiger partial charge in [0, 0.05) is 12.8 Å². The lowest BCUT2D eigenvalue weighted by atomic mass is 10.1. The molecule has 0 aromatic heterocycles. The van der Waals surface area contributed by atoms with Gasteiger partial charge in [-0.3, -0.25) is 4.79 Å². The van der Waals surface area contributed by atoms with Gasteiger partial charge in [-0.15, -0.1) is 5.92 Å². The smallest absolute Gasteiger partial charge is 0.306 e. The Balaban J connectivity index is 3.26. The molecule has 0 spiro atoms. The molecule has 3 nitrogen and oxygen atoms in total. The highest BCUT2D eigenvalue weighted by Crippen LogP contribution is 2.03. The van der Waals surface area contributed by atoms with Crippen LogP contribution in [0.15, 0.2) is 0 Å². The SMILES string of the molecule is CC#CCOC(=O)CCCCCC#N. The van der Waals surface area contributed by atoms with Gasteiger partial charge in [-0.2, -0.15) is 5.26 Å². The number of ether oxygens (including phenoxy) is 1. The molecule has 0 radical (unpaired) electrons. The zero-order valence-corrected chi connectivity index (χ0v) is 8.51. The van der Waals surface area contributed by atoms with Gasteiger partial charge in [0.05, 0.1) is 6.07 Å². The number of rotatable bonds is 6. The Labute approximate surface area is 85.1 Å². The molecule has 0 saturated heterocycles. The molecule has 0 aliphatic heterocycles. The van der Waals surface area contributed by atoms with Crippen LogP contribution in [0.25, 0.3) is 0 Å². The van der Waals surface area contributed by atoms with Gasteiger partial charge in [0.25, 0.3) is 0 Å². The van der Waals surface area contributed by atoms with E-state index in [1.54, 1.807) is 6.92 Å². The van der Waals surface area contributed by atoms with E-state index >= 15 is 0 Å². The minimum absolute atomic E-state index is 0.188. The number of carbonyl (C=O) groups is 1. The first-order valence-electron chi connectivity index (χ1n) is 4.73. The largest absolute Gasteiger partial charge is 0.452 e. The molecule has 14 heavy (non-hydrogen) atoms. The molecule has 0 rings (SSSR count). The molecular formula is C11H15NO2. The fourth-order valence-corrected chi connectivity index (χ4v) is 0.911. The predicted octanol–water partition coefficient (Wildman–Crippen LogP) is 2.03. The van der Waals surface area contributed by atoms with Crippen molar-refractivity contribution in [1.82, 2.24) is 0 Å². The predicted molar refractivity (Wildman–Crippen MR) is 53.1 cm³/mol. The van der Waals surface area contributed by atoms with Crippen LogP contribution in [0.5, 0.6) is 0 Å². The zero-order chi connectivity index (χ0) is 10.6. The molecule has 0 aromatic carbocycles. The van der Waals surface area contributed by atoms with Crippen molar-refractivity contribution in [1.29, 1.82) is 5.26 Å². The molecule has 0 fully saturated rings. The van der Waals surface area contributed by atoms with Crippen molar-refractivity contribution in [3.63, 3.8) is 0 Å². The standard InChI is InChI=1S/C11H15NO2/c1-2-3-10-14-11(13)8-6-4-5-7-9-12/h4-8,10H2,1H3. The van der Waals surface area contributed by atoms with Gasteiger partial charge >= 0.3 is 5.97 Å². The van der Waals surface area contributed by atoms with Gasteiger partial charge in [-0.1, -0.05) is 12.3 Å². The molecule has 0 unspecified atom stereocenters. The quantitative estimate of drug-likeness (QED) is 0.368. The van der Waals surface area contributed by atoms with E-state index in [-0.39, 0.29) is 12.6 Å². The molecular weight excluding hydrogens is 178 g/mol. The maximum atomic E-state index is 11.0. The van der Waals surface area contributed by atoms with E-state index in [1.807, 2.05) is 0 Å². The molecule has 3 heteroatoms. The molecule has 0 bridgehead atoms. The number of hydrogen-bond donors (Lipinski definition) is 0. The number of carbonyl (C=O) groups excluding carboxylic acids is 1. The Morgan fingerprint density at radius 3 is 2.79 bits per heavy atom. The number of unbranched alkanes of at least 4 members (excludes halogenated alkanes) is 3. The average Bonchev–Trinajstić information content (AvgIpc) is 2.18. The van der Waals surface area contributed by atoms with Crippen molar-refractivity contribution in [2.24, 2.45) is 0 Å². The third kappa shape index (κ3) is 8.62. The molecule has 0 aromatic rings. The van der Waals surface area contributed by atoms with Crippen LogP contribution in [0.3, 0.4) is 0 Å². The van der Waals surface area contributed by atoms with Gasteiger partial charge in [-0.25, -0.2) is 0 Å². The van der Waals surface area contributed by atoms with Crippen molar-refractivity contribution in [3.05, 3.63) is 0 Å². The summed E-state index contributed by atoms with van der Waals surface area (Å²) in [5.41, 5.74) is 0. The number of nitrogens with zero attached hydrogens (tertiary/aromatic N) is 1. The second-order valence-corrected chi connectivity index (χ2v) is 2.81. The van der Waals surface area contributed by atoms with Crippen LogP contribution in [0, 0.1) is 23.2 Å². The minimum Gasteiger partial charge on any atom is -0.452 e. The molecule has 0 aliphatic rings. The number of nitriles is 1. The van der Waals surface area contributed by atoms with Gasteiger partial charge in [0.2, 0.25) is 0 Å². The fourth-order valence-electron chi connectivity index (χ4n) is 0.911. The Morgan fingerprint density at radius 2 is 2.14 bits per heavy atom. The van der Waals surface area contributed by atoms with Crippen molar-refractivity contribution in [2.75, 3.05) is 6.61 Å². The van der Waals surface area contributed by atoms with E-state index in [0.29, 0.717) is 12.8 Å². The third-order valence-corrected chi connectivity index (χ3v) is 1.65. The van der Waals surface area contributed by atoms with Gasteiger partial charge in [0.1, 0.15) is 0 Å². The minimum atomic E-state index is -0.204. The van der Waals surface area contributed by atoms with Crippen LogP contribution in [-0.4, -0.2) is 12.6 Å². The van der Waals surface area contributed by atoms with Crippen LogP contribution in [0.4, 0.5) is 0 Å². The number of esters is 1. The first kappa shape index (κ1) is 12.5.